The van der Waals surface area contributed by atoms with Gasteiger partial charge in [-0.2, -0.15) is 0 Å². The summed E-state index contributed by atoms with van der Waals surface area (Å²) in [6.07, 6.45) is 5.20. The van der Waals surface area contributed by atoms with Gasteiger partial charge in [-0.05, 0) is 19.3 Å². The molecule has 0 aromatic heterocycles. The van der Waals surface area contributed by atoms with Gasteiger partial charge >= 0.3 is 17.6 Å². The van der Waals surface area contributed by atoms with Crippen LogP contribution in [0.1, 0.15) is 39.0 Å². The molecule has 0 aromatic carbocycles. The van der Waals surface area contributed by atoms with Crippen molar-refractivity contribution in [2.45, 2.75) is 50.6 Å². The number of rotatable bonds is 14. The van der Waals surface area contributed by atoms with Gasteiger partial charge in [0.05, 0.1) is 0 Å². The van der Waals surface area contributed by atoms with Crippen LogP contribution in [0.15, 0.2) is 0 Å². The van der Waals surface area contributed by atoms with Gasteiger partial charge in [0.1, 0.15) is 0 Å². The van der Waals surface area contributed by atoms with Gasteiger partial charge < -0.3 is 26.6 Å². The summed E-state index contributed by atoms with van der Waals surface area (Å²) in [5.74, 6) is 0. The molecular formula is C14H34O6Si2. The van der Waals surface area contributed by atoms with Crippen LogP contribution in [-0.4, -0.2) is 60.3 Å². The van der Waals surface area contributed by atoms with Gasteiger partial charge in [0, 0.05) is 54.2 Å². The van der Waals surface area contributed by atoms with Crippen LogP contribution in [0.2, 0.25) is 11.6 Å². The summed E-state index contributed by atoms with van der Waals surface area (Å²) in [7, 11) is 4.84. The van der Waals surface area contributed by atoms with Gasteiger partial charge in [-0.15, -0.1) is 0 Å². The van der Waals surface area contributed by atoms with Crippen molar-refractivity contribution in [2.75, 3.05) is 42.7 Å². The van der Waals surface area contributed by atoms with Gasteiger partial charge in [0.2, 0.25) is 0 Å². The molecule has 0 saturated carbocycles. The molecule has 6 nitrogen and oxygen atoms in total. The van der Waals surface area contributed by atoms with E-state index >= 15 is 0 Å². The monoisotopic (exact) mass is 354 g/mol. The van der Waals surface area contributed by atoms with Crippen molar-refractivity contribution in [1.82, 2.24) is 0 Å². The largest absolute Gasteiger partial charge is 0.503 e. The second-order valence-corrected chi connectivity index (χ2v) is 11.6. The van der Waals surface area contributed by atoms with Crippen molar-refractivity contribution in [3.05, 3.63) is 0 Å². The van der Waals surface area contributed by atoms with E-state index in [9.17, 15) is 0 Å². The zero-order valence-electron chi connectivity index (χ0n) is 15.3. The Labute approximate surface area is 138 Å². The molecule has 1 unspecified atom stereocenters. The smallest absolute Gasteiger partial charge is 0.377 e. The molecule has 0 saturated heterocycles. The molecule has 0 amide bonds. The first kappa shape index (κ1) is 22.2. The molecule has 22 heavy (non-hydrogen) atoms. The van der Waals surface area contributed by atoms with E-state index in [1.54, 1.807) is 42.7 Å². The molecule has 0 aliphatic heterocycles. The fraction of sp³-hybridized carbons (Fsp3) is 1.00. The van der Waals surface area contributed by atoms with Crippen LogP contribution in [0, 0.1) is 0 Å². The van der Waals surface area contributed by atoms with E-state index in [1.807, 2.05) is 0 Å². The summed E-state index contributed by atoms with van der Waals surface area (Å²) in [6, 6.07) is 0.779. The first-order valence-electron chi connectivity index (χ1n) is 7.84. The fourth-order valence-electron chi connectivity index (χ4n) is 2.82. The molecule has 0 heterocycles. The fourth-order valence-corrected chi connectivity index (χ4v) is 7.18. The summed E-state index contributed by atoms with van der Waals surface area (Å²) in [4.78, 5) is 0. The number of hydrogen-bond donors (Lipinski definition) is 0. The normalized spacial score (nSPS) is 14.3. The molecule has 0 fully saturated rings. The topological polar surface area (TPSA) is 55.4 Å². The Morgan fingerprint density at radius 2 is 1.14 bits per heavy atom. The van der Waals surface area contributed by atoms with Crippen LogP contribution in [0.25, 0.3) is 0 Å². The lowest BCUT2D eigenvalue weighted by Gasteiger charge is -2.33. The highest BCUT2D eigenvalue weighted by atomic mass is 28.4. The van der Waals surface area contributed by atoms with Crippen molar-refractivity contribution in [2.24, 2.45) is 0 Å². The van der Waals surface area contributed by atoms with E-state index in [0.717, 1.165) is 38.1 Å². The van der Waals surface area contributed by atoms with E-state index in [2.05, 4.69) is 6.92 Å². The van der Waals surface area contributed by atoms with Crippen LogP contribution in [0.5, 0.6) is 0 Å². The Balaban J connectivity index is 4.79. The Morgan fingerprint density at radius 1 is 0.682 bits per heavy atom. The molecule has 0 N–H and O–H groups in total. The van der Waals surface area contributed by atoms with Crippen LogP contribution in [0.4, 0.5) is 0 Å². The summed E-state index contributed by atoms with van der Waals surface area (Å²) < 4.78 is 33.4. The Bertz CT molecular complexity index is 256. The number of hydrogen-bond acceptors (Lipinski definition) is 6. The molecule has 0 bridgehead atoms. The molecule has 0 aromatic rings. The third-order valence-electron chi connectivity index (χ3n) is 4.23. The second-order valence-electron chi connectivity index (χ2n) is 5.24. The molecule has 0 spiro atoms. The molecule has 0 aliphatic carbocycles. The Morgan fingerprint density at radius 3 is 1.50 bits per heavy atom. The van der Waals surface area contributed by atoms with Crippen molar-refractivity contribution < 1.29 is 26.6 Å². The zero-order valence-corrected chi connectivity index (χ0v) is 17.3. The zero-order chi connectivity index (χ0) is 17.1. The summed E-state index contributed by atoms with van der Waals surface area (Å²) in [5, 5.41) is 0. The van der Waals surface area contributed by atoms with Crippen LogP contribution in [0.3, 0.4) is 0 Å². The SMILES string of the molecule is CCCCC(CCC[Si](OC)(OC)OC)[Si](OC)(OC)OC. The molecule has 1 atom stereocenters. The molecule has 0 radical (unpaired) electrons. The van der Waals surface area contributed by atoms with Crippen molar-refractivity contribution >= 4 is 17.6 Å². The van der Waals surface area contributed by atoms with Gasteiger partial charge in [0.25, 0.3) is 0 Å². The maximum Gasteiger partial charge on any atom is 0.503 e. The highest BCUT2D eigenvalue weighted by molar-refractivity contribution is 6.62. The predicted molar refractivity (Wildman–Crippen MR) is 90.9 cm³/mol. The maximum absolute atomic E-state index is 5.67. The van der Waals surface area contributed by atoms with E-state index in [0.29, 0.717) is 0 Å². The highest BCUT2D eigenvalue weighted by Crippen LogP contribution is 2.35. The first-order chi connectivity index (χ1) is 10.5. The van der Waals surface area contributed by atoms with E-state index in [4.69, 9.17) is 26.6 Å². The van der Waals surface area contributed by atoms with E-state index in [-0.39, 0.29) is 5.54 Å². The quantitative estimate of drug-likeness (QED) is 0.447. The average Bonchev–Trinajstić information content (AvgIpc) is 2.58. The minimum Gasteiger partial charge on any atom is -0.377 e. The lowest BCUT2D eigenvalue weighted by Crippen LogP contribution is -2.48. The molecule has 0 rings (SSSR count). The first-order valence-corrected chi connectivity index (χ1v) is 11.6. The third kappa shape index (κ3) is 6.01. The minimum absolute atomic E-state index is 0.282. The lowest BCUT2D eigenvalue weighted by atomic mass is 10.1. The number of unbranched alkanes of at least 4 members (excludes halogenated alkanes) is 1. The molecule has 134 valence electrons. The standard InChI is InChI=1S/C14H34O6Si2/c1-8-9-11-14(22(18-5,19-6)20-7)12-10-13-21(15-2,16-3)17-4/h14H,8-13H2,1-7H3. The summed E-state index contributed by atoms with van der Waals surface area (Å²) in [6.45, 7) is 2.19. The Hall–Kier alpha value is 0.194. The van der Waals surface area contributed by atoms with Crippen LogP contribution in [-0.2, 0) is 26.6 Å². The lowest BCUT2D eigenvalue weighted by molar-refractivity contribution is 0.105. The second kappa shape index (κ2) is 11.7. The van der Waals surface area contributed by atoms with Gasteiger partial charge in [-0.3, -0.25) is 0 Å². The highest BCUT2D eigenvalue weighted by Gasteiger charge is 2.47. The van der Waals surface area contributed by atoms with E-state index < -0.39 is 17.6 Å². The van der Waals surface area contributed by atoms with Crippen molar-refractivity contribution in [3.63, 3.8) is 0 Å². The van der Waals surface area contributed by atoms with Gasteiger partial charge in [0.15, 0.2) is 0 Å². The molecular weight excluding hydrogens is 320 g/mol. The van der Waals surface area contributed by atoms with E-state index in [1.165, 1.54) is 0 Å². The minimum atomic E-state index is -2.62. The molecule has 0 aliphatic rings. The summed E-state index contributed by atoms with van der Waals surface area (Å²) in [5.41, 5.74) is 0.282. The van der Waals surface area contributed by atoms with Crippen LogP contribution >= 0.6 is 0 Å². The maximum atomic E-state index is 5.67. The van der Waals surface area contributed by atoms with Crippen LogP contribution < -0.4 is 0 Å². The summed E-state index contributed by atoms with van der Waals surface area (Å²) >= 11 is 0. The van der Waals surface area contributed by atoms with Gasteiger partial charge in [-0.25, -0.2) is 0 Å². The average molecular weight is 355 g/mol. The Kier molecular flexibility index (Phi) is 11.8. The third-order valence-corrected chi connectivity index (χ3v) is 10.3. The predicted octanol–water partition coefficient (Wildman–Crippen LogP) is 3.08. The van der Waals surface area contributed by atoms with Crippen molar-refractivity contribution in [1.29, 1.82) is 0 Å². The van der Waals surface area contributed by atoms with Crippen molar-refractivity contribution in [3.8, 4) is 0 Å². The molecule has 8 heteroatoms. The van der Waals surface area contributed by atoms with Gasteiger partial charge in [-0.1, -0.05) is 19.8 Å².